The van der Waals surface area contributed by atoms with E-state index in [9.17, 15) is 9.59 Å². The van der Waals surface area contributed by atoms with Gasteiger partial charge in [0.2, 0.25) is 5.91 Å². The number of nitrogens with one attached hydrogen (secondary N) is 1. The zero-order valence-electron chi connectivity index (χ0n) is 17.1. The number of aromatic nitrogens is 2. The third-order valence-corrected chi connectivity index (χ3v) is 6.11. The Kier molecular flexibility index (Phi) is 6.45. The number of hydrogen-bond acceptors (Lipinski definition) is 4. The maximum Gasteiger partial charge on any atom is 0.225 e. The minimum atomic E-state index is -1.16. The van der Waals surface area contributed by atoms with Crippen molar-refractivity contribution in [1.82, 2.24) is 15.1 Å². The Morgan fingerprint density at radius 1 is 1.42 bits per heavy atom. The highest BCUT2D eigenvalue weighted by molar-refractivity contribution is 6.48. The van der Waals surface area contributed by atoms with Gasteiger partial charge < -0.3 is 9.74 Å². The fraction of sp³-hybridized carbons (Fsp3) is 0.737. The van der Waals surface area contributed by atoms with Crippen LogP contribution in [0.25, 0.3) is 0 Å². The standard InChI is InChI=1S/C19H33N3O3Si/c1-8-12-9-14(21-22(12)5)16(23)10-15-17(18(24)20-15)13(19(2,3)4)11-25-26(6)7/h9,13,15,17,26H,8,10-11H2,1-7H3,(H,20,24)/t13-,15+,17-/m1/s1. The molecule has 2 heterocycles. The van der Waals surface area contributed by atoms with Crippen LogP contribution in [0.4, 0.5) is 0 Å². The molecule has 26 heavy (non-hydrogen) atoms. The van der Waals surface area contributed by atoms with Crippen LogP contribution in [0, 0.1) is 17.3 Å². The lowest BCUT2D eigenvalue weighted by molar-refractivity contribution is -0.141. The maximum absolute atomic E-state index is 12.7. The molecule has 1 fully saturated rings. The lowest BCUT2D eigenvalue weighted by atomic mass is 9.66. The number of nitrogens with zero attached hydrogens (tertiary/aromatic N) is 2. The van der Waals surface area contributed by atoms with Crippen molar-refractivity contribution in [1.29, 1.82) is 0 Å². The highest BCUT2D eigenvalue weighted by Crippen LogP contribution is 2.39. The molecular formula is C19H33N3O3Si. The summed E-state index contributed by atoms with van der Waals surface area (Å²) >= 11 is 0. The van der Waals surface area contributed by atoms with Gasteiger partial charge in [-0.25, -0.2) is 0 Å². The minimum absolute atomic E-state index is 0.0119. The Labute approximate surface area is 158 Å². The number of rotatable bonds is 8. The van der Waals surface area contributed by atoms with Crippen molar-refractivity contribution in [2.75, 3.05) is 6.61 Å². The highest BCUT2D eigenvalue weighted by Gasteiger charge is 2.49. The van der Waals surface area contributed by atoms with E-state index in [4.69, 9.17) is 4.43 Å². The zero-order chi connectivity index (χ0) is 19.6. The first kappa shape index (κ1) is 20.8. The summed E-state index contributed by atoms with van der Waals surface area (Å²) < 4.78 is 7.72. The molecule has 1 N–H and O–H groups in total. The summed E-state index contributed by atoms with van der Waals surface area (Å²) in [5, 5.41) is 7.26. The first-order chi connectivity index (χ1) is 12.0. The predicted molar refractivity (Wildman–Crippen MR) is 105 cm³/mol. The van der Waals surface area contributed by atoms with Crippen molar-refractivity contribution in [3.05, 3.63) is 17.5 Å². The van der Waals surface area contributed by atoms with Crippen LogP contribution in [0.1, 0.15) is 50.3 Å². The predicted octanol–water partition coefficient (Wildman–Crippen LogP) is 2.33. The Morgan fingerprint density at radius 2 is 2.08 bits per heavy atom. The van der Waals surface area contributed by atoms with Gasteiger partial charge in [0.15, 0.2) is 14.8 Å². The van der Waals surface area contributed by atoms with E-state index in [0.29, 0.717) is 18.7 Å². The molecule has 0 spiro atoms. The van der Waals surface area contributed by atoms with Crippen molar-refractivity contribution in [3.63, 3.8) is 0 Å². The fourth-order valence-electron chi connectivity index (χ4n) is 3.56. The number of carbonyl (C=O) groups excluding carboxylic acids is 2. The van der Waals surface area contributed by atoms with Gasteiger partial charge in [-0.2, -0.15) is 5.10 Å². The second-order valence-electron chi connectivity index (χ2n) is 8.62. The lowest BCUT2D eigenvalue weighted by Gasteiger charge is -2.46. The van der Waals surface area contributed by atoms with E-state index < -0.39 is 9.04 Å². The molecule has 0 bridgehead atoms. The third kappa shape index (κ3) is 4.62. The van der Waals surface area contributed by atoms with Gasteiger partial charge in [-0.1, -0.05) is 27.7 Å². The third-order valence-electron chi connectivity index (χ3n) is 5.25. The minimum Gasteiger partial charge on any atom is -0.420 e. The number of Topliss-reactive ketones (excluding diaryl/α,β-unsaturated/α-hetero) is 1. The van der Waals surface area contributed by atoms with Gasteiger partial charge >= 0.3 is 0 Å². The maximum atomic E-state index is 12.7. The summed E-state index contributed by atoms with van der Waals surface area (Å²) in [6, 6.07) is 1.72. The van der Waals surface area contributed by atoms with Gasteiger partial charge in [0.05, 0.1) is 5.92 Å². The van der Waals surface area contributed by atoms with Crippen LogP contribution < -0.4 is 5.32 Å². The first-order valence-electron chi connectivity index (χ1n) is 9.52. The summed E-state index contributed by atoms with van der Waals surface area (Å²) in [6.07, 6.45) is 1.13. The quantitative estimate of drug-likeness (QED) is 0.427. The number of amides is 1. The normalized spacial score (nSPS) is 21.5. The average molecular weight is 380 g/mol. The van der Waals surface area contributed by atoms with E-state index in [1.165, 1.54) is 0 Å². The number of hydrogen-bond donors (Lipinski definition) is 1. The molecule has 7 heteroatoms. The van der Waals surface area contributed by atoms with E-state index >= 15 is 0 Å². The van der Waals surface area contributed by atoms with Crippen LogP contribution in [0.3, 0.4) is 0 Å². The number of β-lactam (4-membered cyclic amide) rings is 1. The smallest absolute Gasteiger partial charge is 0.225 e. The Morgan fingerprint density at radius 3 is 2.54 bits per heavy atom. The van der Waals surface area contributed by atoms with E-state index in [1.807, 2.05) is 20.0 Å². The van der Waals surface area contributed by atoms with E-state index in [2.05, 4.69) is 44.3 Å². The molecule has 1 aromatic rings. The fourth-order valence-corrected chi connectivity index (χ4v) is 4.15. The molecule has 0 aliphatic carbocycles. The molecule has 0 radical (unpaired) electrons. The molecule has 146 valence electrons. The summed E-state index contributed by atoms with van der Waals surface area (Å²) in [7, 11) is 0.690. The van der Waals surface area contributed by atoms with Crippen LogP contribution in [0.2, 0.25) is 13.1 Å². The van der Waals surface area contributed by atoms with Gasteiger partial charge in [0.1, 0.15) is 5.69 Å². The molecule has 1 aromatic heterocycles. The van der Waals surface area contributed by atoms with Gasteiger partial charge in [0, 0.05) is 31.8 Å². The van der Waals surface area contributed by atoms with Crippen LogP contribution in [-0.2, 0) is 22.7 Å². The zero-order valence-corrected chi connectivity index (χ0v) is 18.3. The van der Waals surface area contributed by atoms with Crippen molar-refractivity contribution >= 4 is 20.7 Å². The van der Waals surface area contributed by atoms with E-state index in [1.54, 1.807) is 4.68 Å². The monoisotopic (exact) mass is 379 g/mol. The Bertz CT molecular complexity index is 663. The number of aryl methyl sites for hydroxylation is 2. The Balaban J connectivity index is 2.11. The molecule has 2 rings (SSSR count). The molecule has 1 aliphatic rings. The summed E-state index contributed by atoms with van der Waals surface area (Å²) in [6.45, 7) is 13.3. The molecule has 3 atom stereocenters. The summed E-state index contributed by atoms with van der Waals surface area (Å²) in [5.41, 5.74) is 1.46. The molecule has 1 saturated heterocycles. The second-order valence-corrected chi connectivity index (χ2v) is 11.1. The Hall–Kier alpha value is -1.47. The van der Waals surface area contributed by atoms with Gasteiger partial charge in [-0.05, 0) is 36.9 Å². The number of ketones is 1. The van der Waals surface area contributed by atoms with Gasteiger partial charge in [-0.15, -0.1) is 0 Å². The molecule has 0 saturated carbocycles. The van der Waals surface area contributed by atoms with Gasteiger partial charge in [-0.3, -0.25) is 14.3 Å². The molecule has 0 unspecified atom stereocenters. The van der Waals surface area contributed by atoms with E-state index in [-0.39, 0.29) is 35.0 Å². The SMILES string of the molecule is CCc1cc(C(=O)C[C@@H]2NC(=O)[C@@H]2[C@@H](CO[SiH](C)C)C(C)(C)C)nn1C. The molecular weight excluding hydrogens is 346 g/mol. The van der Waals surface area contributed by atoms with Crippen LogP contribution >= 0.6 is 0 Å². The topological polar surface area (TPSA) is 73.2 Å². The molecule has 1 amide bonds. The van der Waals surface area contributed by atoms with Gasteiger partial charge in [0.25, 0.3) is 0 Å². The van der Waals surface area contributed by atoms with Crippen molar-refractivity contribution in [2.45, 2.75) is 59.7 Å². The van der Waals surface area contributed by atoms with Crippen molar-refractivity contribution in [2.24, 2.45) is 24.3 Å². The van der Waals surface area contributed by atoms with Crippen molar-refractivity contribution in [3.8, 4) is 0 Å². The highest BCUT2D eigenvalue weighted by atomic mass is 28.3. The second kappa shape index (κ2) is 8.04. The average Bonchev–Trinajstić information content (AvgIpc) is 2.90. The largest absolute Gasteiger partial charge is 0.420 e. The van der Waals surface area contributed by atoms with Crippen LogP contribution in [0.15, 0.2) is 6.07 Å². The summed E-state index contributed by atoms with van der Waals surface area (Å²) in [4.78, 5) is 25.0. The van der Waals surface area contributed by atoms with Crippen LogP contribution in [-0.4, -0.2) is 43.2 Å². The molecule has 0 aromatic carbocycles. The van der Waals surface area contributed by atoms with E-state index in [0.717, 1.165) is 12.1 Å². The molecule has 1 aliphatic heterocycles. The first-order valence-corrected chi connectivity index (χ1v) is 12.3. The summed E-state index contributed by atoms with van der Waals surface area (Å²) in [5.74, 6) is -0.0610. The van der Waals surface area contributed by atoms with Crippen LogP contribution in [0.5, 0.6) is 0 Å². The van der Waals surface area contributed by atoms with Crippen molar-refractivity contribution < 1.29 is 14.0 Å². The molecule has 6 nitrogen and oxygen atoms in total. The lowest BCUT2D eigenvalue weighted by Crippen LogP contribution is -2.63. The number of carbonyl (C=O) groups is 2.